The van der Waals surface area contributed by atoms with Crippen LogP contribution < -0.4 is 18.9 Å². The number of ketones is 1. The van der Waals surface area contributed by atoms with Crippen LogP contribution in [0.15, 0.2) is 24.3 Å². The monoisotopic (exact) mass is 526 g/mol. The lowest BCUT2D eigenvalue weighted by Gasteiger charge is -2.29. The maximum atomic E-state index is 13.0. The van der Waals surface area contributed by atoms with E-state index in [-0.39, 0.29) is 40.7 Å². The van der Waals surface area contributed by atoms with E-state index in [0.29, 0.717) is 11.5 Å². The molecule has 2 aromatic carbocycles. The number of Topliss-reactive ketones (excluding diaryl/α,β-unsaturated/α-hetero) is 1. The molecule has 0 N–H and O–H groups in total. The van der Waals surface area contributed by atoms with Gasteiger partial charge in [0.15, 0.2) is 13.2 Å². The SMILES string of the molecule is COc1cc(OCC(=O)COc2cc(OC)c(C(C)(C)C)cc2C(C)(C)C)c(C(C)(C)C)cc1C(C)(C)C. The minimum absolute atomic E-state index is 0.0941. The van der Waals surface area contributed by atoms with Gasteiger partial charge in [0.25, 0.3) is 0 Å². The summed E-state index contributed by atoms with van der Waals surface area (Å²) in [4.78, 5) is 13.0. The van der Waals surface area contributed by atoms with Crippen molar-refractivity contribution in [2.24, 2.45) is 0 Å². The molecule has 5 nitrogen and oxygen atoms in total. The van der Waals surface area contributed by atoms with E-state index in [9.17, 15) is 4.79 Å². The molecular formula is C33H50O5. The topological polar surface area (TPSA) is 54.0 Å². The first kappa shape index (κ1) is 31.5. The molecule has 0 aliphatic heterocycles. The van der Waals surface area contributed by atoms with E-state index in [1.54, 1.807) is 14.2 Å². The van der Waals surface area contributed by atoms with Crippen molar-refractivity contribution in [3.63, 3.8) is 0 Å². The first-order valence-electron chi connectivity index (χ1n) is 13.4. The Labute approximate surface area is 231 Å². The molecule has 0 aromatic heterocycles. The number of hydrogen-bond donors (Lipinski definition) is 0. The molecule has 0 aliphatic carbocycles. The van der Waals surface area contributed by atoms with Crippen molar-refractivity contribution in [1.29, 1.82) is 0 Å². The Morgan fingerprint density at radius 2 is 0.763 bits per heavy atom. The predicted molar refractivity (Wildman–Crippen MR) is 157 cm³/mol. The number of methoxy groups -OCH3 is 2. The summed E-state index contributed by atoms with van der Waals surface area (Å²) in [6, 6.07) is 8.10. The molecule has 0 heterocycles. The highest BCUT2D eigenvalue weighted by atomic mass is 16.5. The molecule has 0 amide bonds. The minimum Gasteiger partial charge on any atom is -0.496 e. The van der Waals surface area contributed by atoms with Crippen LogP contribution in [-0.4, -0.2) is 33.2 Å². The van der Waals surface area contributed by atoms with Crippen LogP contribution >= 0.6 is 0 Å². The molecular weight excluding hydrogens is 476 g/mol. The van der Waals surface area contributed by atoms with Crippen LogP contribution in [0.1, 0.15) is 105 Å². The predicted octanol–water partition coefficient (Wildman–Crippen LogP) is 7.92. The van der Waals surface area contributed by atoms with Crippen LogP contribution in [0.4, 0.5) is 0 Å². The molecule has 0 spiro atoms. The second-order valence-electron chi connectivity index (χ2n) is 14.2. The van der Waals surface area contributed by atoms with Crippen molar-refractivity contribution in [3.05, 3.63) is 46.5 Å². The Morgan fingerprint density at radius 3 is 1.00 bits per heavy atom. The average molecular weight is 527 g/mol. The maximum Gasteiger partial charge on any atom is 0.207 e. The maximum absolute atomic E-state index is 13.0. The molecule has 0 saturated carbocycles. The quantitative estimate of drug-likeness (QED) is 0.350. The molecule has 0 fully saturated rings. The molecule has 0 radical (unpaired) electrons. The van der Waals surface area contributed by atoms with Crippen LogP contribution in [0, 0.1) is 0 Å². The minimum atomic E-state index is -0.173. The number of carbonyl (C=O) groups excluding carboxylic acids is 1. The number of carbonyl (C=O) groups is 1. The van der Waals surface area contributed by atoms with Gasteiger partial charge in [-0.2, -0.15) is 0 Å². The number of hydrogen-bond acceptors (Lipinski definition) is 5. The summed E-state index contributed by atoms with van der Waals surface area (Å²) in [6.07, 6.45) is 0. The second kappa shape index (κ2) is 11.2. The van der Waals surface area contributed by atoms with Gasteiger partial charge in [-0.15, -0.1) is 0 Å². The lowest BCUT2D eigenvalue weighted by molar-refractivity contribution is -0.123. The lowest BCUT2D eigenvalue weighted by Crippen LogP contribution is -2.24. The Bertz CT molecular complexity index is 1040. The fourth-order valence-corrected chi connectivity index (χ4v) is 4.40. The highest BCUT2D eigenvalue weighted by molar-refractivity contribution is 5.81. The van der Waals surface area contributed by atoms with E-state index in [2.05, 4.69) is 95.2 Å². The highest BCUT2D eigenvalue weighted by Crippen LogP contribution is 2.42. The zero-order chi connectivity index (χ0) is 29.3. The van der Waals surface area contributed by atoms with Gasteiger partial charge < -0.3 is 18.9 Å². The van der Waals surface area contributed by atoms with Crippen molar-refractivity contribution in [1.82, 2.24) is 0 Å². The van der Waals surface area contributed by atoms with Gasteiger partial charge in [-0.1, -0.05) is 83.1 Å². The first-order valence-corrected chi connectivity index (χ1v) is 13.4. The van der Waals surface area contributed by atoms with E-state index in [1.165, 1.54) is 0 Å². The van der Waals surface area contributed by atoms with Crippen molar-refractivity contribution in [3.8, 4) is 23.0 Å². The second-order valence-corrected chi connectivity index (χ2v) is 14.2. The third-order valence-corrected chi connectivity index (χ3v) is 6.61. The van der Waals surface area contributed by atoms with Crippen molar-refractivity contribution in [2.75, 3.05) is 27.4 Å². The van der Waals surface area contributed by atoms with Gasteiger partial charge in [-0.25, -0.2) is 0 Å². The van der Waals surface area contributed by atoms with Crippen LogP contribution in [0.2, 0.25) is 0 Å². The van der Waals surface area contributed by atoms with Crippen LogP contribution in [0.3, 0.4) is 0 Å². The van der Waals surface area contributed by atoms with Gasteiger partial charge >= 0.3 is 0 Å². The van der Waals surface area contributed by atoms with E-state index in [0.717, 1.165) is 33.8 Å². The third kappa shape index (κ3) is 7.68. The standard InChI is InChI=1S/C33H50O5/c1-30(2,3)22-15-24(32(7,8)9)28(17-26(22)35-13)37-19-21(34)20-38-29-18-27(36-14)23(31(4,5)6)16-25(29)33(10,11)12/h15-18H,19-20H2,1-14H3. The fraction of sp³-hybridized carbons (Fsp3) is 0.606. The number of benzene rings is 2. The van der Waals surface area contributed by atoms with Crippen LogP contribution in [0.5, 0.6) is 23.0 Å². The van der Waals surface area contributed by atoms with Gasteiger partial charge in [-0.05, 0) is 33.8 Å². The Hall–Kier alpha value is -2.69. The van der Waals surface area contributed by atoms with Gasteiger partial charge in [0, 0.05) is 34.4 Å². The summed E-state index contributed by atoms with van der Waals surface area (Å²) in [5, 5.41) is 0. The molecule has 0 bridgehead atoms. The Balaban J connectivity index is 2.31. The van der Waals surface area contributed by atoms with E-state index < -0.39 is 0 Å². The molecule has 0 atom stereocenters. The van der Waals surface area contributed by atoms with Crippen molar-refractivity contribution in [2.45, 2.75) is 105 Å². The zero-order valence-corrected chi connectivity index (χ0v) is 26.3. The Kier molecular flexibility index (Phi) is 9.29. The van der Waals surface area contributed by atoms with Crippen LogP contribution in [-0.2, 0) is 26.5 Å². The largest absolute Gasteiger partial charge is 0.496 e. The summed E-state index contributed by atoms with van der Waals surface area (Å²) >= 11 is 0. The molecule has 38 heavy (non-hydrogen) atoms. The van der Waals surface area contributed by atoms with E-state index >= 15 is 0 Å². The van der Waals surface area contributed by atoms with Crippen molar-refractivity contribution >= 4 is 5.78 Å². The number of rotatable bonds is 8. The summed E-state index contributed by atoms with van der Waals surface area (Å²) in [6.45, 7) is 25.6. The molecule has 2 aromatic rings. The molecule has 0 aliphatic rings. The Morgan fingerprint density at radius 1 is 0.500 bits per heavy atom. The molecule has 212 valence electrons. The highest BCUT2D eigenvalue weighted by Gasteiger charge is 2.29. The third-order valence-electron chi connectivity index (χ3n) is 6.61. The molecule has 0 saturated heterocycles. The van der Waals surface area contributed by atoms with Crippen molar-refractivity contribution < 1.29 is 23.7 Å². The fourth-order valence-electron chi connectivity index (χ4n) is 4.40. The summed E-state index contributed by atoms with van der Waals surface area (Å²) in [5.41, 5.74) is 3.75. The summed E-state index contributed by atoms with van der Waals surface area (Å²) in [7, 11) is 3.33. The van der Waals surface area contributed by atoms with Gasteiger partial charge in [-0.3, -0.25) is 4.79 Å². The number of ether oxygens (including phenoxy) is 4. The summed E-state index contributed by atoms with van der Waals surface area (Å²) < 4.78 is 23.6. The molecule has 0 unspecified atom stereocenters. The van der Waals surface area contributed by atoms with E-state index in [4.69, 9.17) is 18.9 Å². The first-order chi connectivity index (χ1) is 17.2. The normalized spacial score (nSPS) is 12.8. The van der Waals surface area contributed by atoms with Gasteiger partial charge in [0.1, 0.15) is 23.0 Å². The smallest absolute Gasteiger partial charge is 0.207 e. The lowest BCUT2D eigenvalue weighted by atomic mass is 9.79. The summed E-state index contributed by atoms with van der Waals surface area (Å²) in [5.74, 6) is 2.67. The zero-order valence-electron chi connectivity index (χ0n) is 26.3. The van der Waals surface area contributed by atoms with Crippen LogP contribution in [0.25, 0.3) is 0 Å². The molecule has 5 heteroatoms. The average Bonchev–Trinajstić information content (AvgIpc) is 2.77. The van der Waals surface area contributed by atoms with Gasteiger partial charge in [0.05, 0.1) is 14.2 Å². The molecule has 2 rings (SSSR count). The van der Waals surface area contributed by atoms with E-state index in [1.807, 2.05) is 12.1 Å². The van der Waals surface area contributed by atoms with Gasteiger partial charge in [0.2, 0.25) is 5.78 Å².